The molecule has 0 radical (unpaired) electrons. The van der Waals surface area contributed by atoms with Gasteiger partial charge >= 0.3 is 45.5 Å². The molecule has 0 fully saturated rings. The SMILES string of the molecule is CC(=O)N[C@H](CSC/C=C(\C)CC/C=C(\C)CCC=C(C)C)C(=O)[O-].CC(=O)N[C@H](CSC/C=C(\C)CC/C=C(\C)CCC=C(C)C)C(=O)[O-].[Sr+2]. The number of carboxylic acid groups (broad SMARTS) is 2. The van der Waals surface area contributed by atoms with Gasteiger partial charge in [-0.2, -0.15) is 23.5 Å². The smallest absolute Gasteiger partial charge is 0.548 e. The third-order valence-electron chi connectivity index (χ3n) is 7.24. The zero-order chi connectivity index (χ0) is 38.5. The van der Waals surface area contributed by atoms with Crippen LogP contribution in [0.3, 0.4) is 0 Å². The van der Waals surface area contributed by atoms with Crippen molar-refractivity contribution in [3.63, 3.8) is 0 Å². The zero-order valence-electron chi connectivity index (χ0n) is 33.1. The van der Waals surface area contributed by atoms with Gasteiger partial charge in [0.05, 0.1) is 24.0 Å². The predicted octanol–water partition coefficient (Wildman–Crippen LogP) is 6.41. The number of allylic oxidation sites excluding steroid dienone is 10. The molecule has 0 aromatic rings. The van der Waals surface area contributed by atoms with E-state index in [2.05, 4.69) is 102 Å². The van der Waals surface area contributed by atoms with E-state index in [1.807, 2.05) is 0 Å². The van der Waals surface area contributed by atoms with Crippen molar-refractivity contribution >= 4 is 92.8 Å². The molecule has 0 rings (SSSR count). The van der Waals surface area contributed by atoms with Gasteiger partial charge in [0.1, 0.15) is 0 Å². The summed E-state index contributed by atoms with van der Waals surface area (Å²) in [6.07, 6.45) is 21.9. The third-order valence-corrected chi connectivity index (χ3v) is 9.18. The number of nitrogens with one attached hydrogen (secondary N) is 2. The average Bonchev–Trinajstić information content (AvgIpc) is 2.99. The van der Waals surface area contributed by atoms with Crippen LogP contribution in [0.4, 0.5) is 0 Å². The van der Waals surface area contributed by atoms with Crippen molar-refractivity contribution < 1.29 is 29.4 Å². The van der Waals surface area contributed by atoms with Gasteiger partial charge in [-0.25, -0.2) is 0 Å². The first-order chi connectivity index (χ1) is 23.4. The van der Waals surface area contributed by atoms with Crippen molar-refractivity contribution in [1.82, 2.24) is 10.6 Å². The molecule has 0 spiro atoms. The molecule has 0 aliphatic carbocycles. The number of hydrogen-bond acceptors (Lipinski definition) is 8. The Balaban J connectivity index is -0.000000886. The molecule has 51 heavy (non-hydrogen) atoms. The summed E-state index contributed by atoms with van der Waals surface area (Å²) in [6, 6.07) is -1.86. The van der Waals surface area contributed by atoms with Gasteiger partial charge in [0, 0.05) is 36.9 Å². The summed E-state index contributed by atoms with van der Waals surface area (Å²) in [4.78, 5) is 43.7. The molecule has 0 heterocycles. The number of carboxylic acids is 2. The Kier molecular flexibility index (Phi) is 36.2. The normalized spacial score (nSPS) is 13.1. The maximum absolute atomic E-state index is 10.9. The standard InChI is InChI=1S/2C20H33NO3S.Sr/c2*1-15(2)8-6-9-16(3)10-7-11-17(4)12-13-25-14-19(20(23)24)21-18(5)22;/h2*8,10,12,19H,6-7,9,11,13-14H2,1-5H3,(H,21,22)(H,23,24);/q;;+2/p-2/b2*16-10+,17-12+;/t2*19-;/m11./s1. The maximum atomic E-state index is 10.9. The monoisotopic (exact) mass is 820 g/mol. The average molecular weight is 821 g/mol. The molecule has 0 aromatic carbocycles. The molecular weight excluding hydrogens is 756 g/mol. The van der Waals surface area contributed by atoms with Crippen LogP contribution in [0, 0.1) is 0 Å². The predicted molar refractivity (Wildman–Crippen MR) is 216 cm³/mol. The number of rotatable bonds is 24. The van der Waals surface area contributed by atoms with E-state index in [4.69, 9.17) is 0 Å². The summed E-state index contributed by atoms with van der Waals surface area (Å²) >= 11 is 2.96. The van der Waals surface area contributed by atoms with Crippen molar-refractivity contribution in [1.29, 1.82) is 0 Å². The summed E-state index contributed by atoms with van der Waals surface area (Å²) < 4.78 is 0. The molecule has 284 valence electrons. The fourth-order valence-corrected chi connectivity index (χ4v) is 6.27. The van der Waals surface area contributed by atoms with Gasteiger partial charge in [-0.15, -0.1) is 0 Å². The Hall–Kier alpha value is -1.50. The van der Waals surface area contributed by atoms with Crippen molar-refractivity contribution in [2.45, 2.75) is 133 Å². The molecule has 11 heteroatoms. The van der Waals surface area contributed by atoms with Gasteiger partial charge in [0.15, 0.2) is 0 Å². The number of carbonyl (C=O) groups is 4. The first kappa shape index (κ1) is 53.9. The van der Waals surface area contributed by atoms with Crippen molar-refractivity contribution in [2.24, 2.45) is 0 Å². The molecular formula is C40H64N2O6S2Sr. The number of hydrogen-bond donors (Lipinski definition) is 2. The van der Waals surface area contributed by atoms with Crippen LogP contribution < -0.4 is 20.8 Å². The van der Waals surface area contributed by atoms with E-state index in [0.29, 0.717) is 11.5 Å². The summed E-state index contributed by atoms with van der Waals surface area (Å²) in [5, 5.41) is 26.6. The molecule has 0 bridgehead atoms. The van der Waals surface area contributed by atoms with E-state index < -0.39 is 24.0 Å². The molecule has 0 aromatic heterocycles. The molecule has 0 saturated heterocycles. The number of carbonyl (C=O) groups excluding carboxylic acids is 4. The Morgan fingerprint density at radius 2 is 0.765 bits per heavy atom. The molecule has 0 aliphatic rings. The van der Waals surface area contributed by atoms with Crippen LogP contribution in [0.5, 0.6) is 0 Å². The van der Waals surface area contributed by atoms with Gasteiger partial charge in [-0.3, -0.25) is 9.59 Å². The molecule has 2 amide bonds. The van der Waals surface area contributed by atoms with Crippen LogP contribution in [0.1, 0.15) is 121 Å². The first-order valence-electron chi connectivity index (χ1n) is 17.4. The first-order valence-corrected chi connectivity index (χ1v) is 19.8. The molecule has 0 saturated carbocycles. The Morgan fingerprint density at radius 3 is 1.02 bits per heavy atom. The fraction of sp³-hybridized carbons (Fsp3) is 0.600. The molecule has 8 nitrogen and oxygen atoms in total. The quantitative estimate of drug-likeness (QED) is 0.0648. The van der Waals surface area contributed by atoms with Gasteiger partial charge in [0.2, 0.25) is 11.8 Å². The van der Waals surface area contributed by atoms with Crippen LogP contribution in [-0.2, 0) is 19.2 Å². The fourth-order valence-electron chi connectivity index (χ4n) is 4.28. The van der Waals surface area contributed by atoms with Crippen molar-refractivity contribution in [2.75, 3.05) is 23.0 Å². The molecule has 0 aliphatic heterocycles. The summed E-state index contributed by atoms with van der Waals surface area (Å²) in [7, 11) is 0. The second-order valence-electron chi connectivity index (χ2n) is 13.1. The Morgan fingerprint density at radius 1 is 0.490 bits per heavy atom. The van der Waals surface area contributed by atoms with Crippen LogP contribution in [0.25, 0.3) is 0 Å². The van der Waals surface area contributed by atoms with Crippen LogP contribution in [0.2, 0.25) is 0 Å². The minimum absolute atomic E-state index is 0. The van der Waals surface area contributed by atoms with E-state index in [1.165, 1.54) is 70.8 Å². The molecule has 0 unspecified atom stereocenters. The van der Waals surface area contributed by atoms with E-state index >= 15 is 0 Å². The number of aliphatic carboxylic acids is 2. The minimum Gasteiger partial charge on any atom is -0.548 e. The van der Waals surface area contributed by atoms with Crippen LogP contribution in [-0.4, -0.2) is 104 Å². The number of amides is 2. The Labute approximate surface area is 355 Å². The second-order valence-corrected chi connectivity index (χ2v) is 15.3. The topological polar surface area (TPSA) is 138 Å². The summed E-state index contributed by atoms with van der Waals surface area (Å²) in [6.45, 7) is 19.6. The maximum Gasteiger partial charge on any atom is 2.00 e. The van der Waals surface area contributed by atoms with Gasteiger partial charge in [-0.1, -0.05) is 69.9 Å². The zero-order valence-corrected chi connectivity index (χ0v) is 38.2. The number of thioether (sulfide) groups is 2. The summed E-state index contributed by atoms with van der Waals surface area (Å²) in [5.41, 5.74) is 8.17. The van der Waals surface area contributed by atoms with Gasteiger partial charge < -0.3 is 30.4 Å². The van der Waals surface area contributed by atoms with E-state index in [-0.39, 0.29) is 57.3 Å². The van der Waals surface area contributed by atoms with E-state index in [9.17, 15) is 29.4 Å². The van der Waals surface area contributed by atoms with Gasteiger partial charge in [0.25, 0.3) is 0 Å². The van der Waals surface area contributed by atoms with Crippen molar-refractivity contribution in [3.8, 4) is 0 Å². The molecule has 2 N–H and O–H groups in total. The van der Waals surface area contributed by atoms with E-state index in [0.717, 1.165) is 62.9 Å². The third kappa shape index (κ3) is 38.0. The van der Waals surface area contributed by atoms with Crippen LogP contribution in [0.15, 0.2) is 69.9 Å². The van der Waals surface area contributed by atoms with Gasteiger partial charge in [-0.05, 0) is 107 Å². The van der Waals surface area contributed by atoms with Crippen molar-refractivity contribution in [3.05, 3.63) is 69.9 Å². The molecule has 2 atom stereocenters. The summed E-state index contributed by atoms with van der Waals surface area (Å²) in [5.74, 6) is -1.09. The van der Waals surface area contributed by atoms with E-state index in [1.54, 1.807) is 0 Å². The van der Waals surface area contributed by atoms with Crippen LogP contribution >= 0.6 is 23.5 Å². The Bertz CT molecular complexity index is 1140. The second kappa shape index (κ2) is 34.3. The minimum atomic E-state index is -1.24. The largest absolute Gasteiger partial charge is 2.00 e.